The quantitative estimate of drug-likeness (QED) is 0.851. The smallest absolute Gasteiger partial charge is 0.126 e. The first-order chi connectivity index (χ1) is 10.2. The molecule has 21 heavy (non-hydrogen) atoms. The Morgan fingerprint density at radius 3 is 2.81 bits per heavy atom. The molecule has 110 valence electrons. The van der Waals surface area contributed by atoms with Gasteiger partial charge >= 0.3 is 0 Å². The van der Waals surface area contributed by atoms with Gasteiger partial charge < -0.3 is 10.1 Å². The van der Waals surface area contributed by atoms with Crippen molar-refractivity contribution in [3.05, 3.63) is 63.6 Å². The Kier molecular flexibility index (Phi) is 4.32. The standard InChI is InChI=1S/C18H20BrNO/c1-3-20-16-11-18(13-8-9-15(19)12(2)10-13)21-17-7-5-4-6-14(16)17/h4-10,16,18,20H,3,11H2,1-2H3. The van der Waals surface area contributed by atoms with Crippen molar-refractivity contribution >= 4 is 15.9 Å². The molecule has 2 nitrogen and oxygen atoms in total. The van der Waals surface area contributed by atoms with Crippen LogP contribution in [0.4, 0.5) is 0 Å². The number of hydrogen-bond donors (Lipinski definition) is 1. The lowest BCUT2D eigenvalue weighted by Gasteiger charge is -2.33. The molecule has 0 aromatic heterocycles. The summed E-state index contributed by atoms with van der Waals surface area (Å²) in [7, 11) is 0. The second-order valence-electron chi connectivity index (χ2n) is 5.50. The summed E-state index contributed by atoms with van der Waals surface area (Å²) in [5.41, 5.74) is 3.76. The van der Waals surface area contributed by atoms with E-state index in [-0.39, 0.29) is 6.10 Å². The van der Waals surface area contributed by atoms with Gasteiger partial charge in [0.1, 0.15) is 11.9 Å². The lowest BCUT2D eigenvalue weighted by Crippen LogP contribution is -2.29. The Balaban J connectivity index is 1.93. The van der Waals surface area contributed by atoms with Gasteiger partial charge in [-0.1, -0.05) is 53.2 Å². The maximum Gasteiger partial charge on any atom is 0.126 e. The summed E-state index contributed by atoms with van der Waals surface area (Å²) in [6.45, 7) is 5.23. The van der Waals surface area contributed by atoms with E-state index in [4.69, 9.17) is 4.74 Å². The first-order valence-electron chi connectivity index (χ1n) is 7.44. The Morgan fingerprint density at radius 2 is 2.05 bits per heavy atom. The van der Waals surface area contributed by atoms with E-state index in [1.54, 1.807) is 0 Å². The van der Waals surface area contributed by atoms with E-state index in [0.29, 0.717) is 6.04 Å². The largest absolute Gasteiger partial charge is 0.485 e. The molecular weight excluding hydrogens is 326 g/mol. The summed E-state index contributed by atoms with van der Waals surface area (Å²) >= 11 is 3.56. The number of benzene rings is 2. The average Bonchev–Trinajstić information content (AvgIpc) is 2.50. The van der Waals surface area contributed by atoms with Crippen molar-refractivity contribution in [3.63, 3.8) is 0 Å². The van der Waals surface area contributed by atoms with Gasteiger partial charge in [-0.3, -0.25) is 0 Å². The van der Waals surface area contributed by atoms with Crippen LogP contribution in [0.15, 0.2) is 46.9 Å². The van der Waals surface area contributed by atoms with E-state index in [9.17, 15) is 0 Å². The minimum Gasteiger partial charge on any atom is -0.485 e. The van der Waals surface area contributed by atoms with Crippen LogP contribution < -0.4 is 10.1 Å². The fraction of sp³-hybridized carbons (Fsp3) is 0.333. The molecule has 1 heterocycles. The Labute approximate surface area is 134 Å². The Bertz CT molecular complexity index is 641. The van der Waals surface area contributed by atoms with E-state index in [2.05, 4.69) is 71.5 Å². The van der Waals surface area contributed by atoms with Gasteiger partial charge in [0.2, 0.25) is 0 Å². The SMILES string of the molecule is CCNC1CC(c2ccc(Br)c(C)c2)Oc2ccccc21. The van der Waals surface area contributed by atoms with Crippen molar-refractivity contribution in [2.45, 2.75) is 32.4 Å². The normalized spacial score (nSPS) is 20.7. The number of aryl methyl sites for hydroxylation is 1. The molecule has 0 bridgehead atoms. The molecule has 0 amide bonds. The van der Waals surface area contributed by atoms with Crippen molar-refractivity contribution in [2.24, 2.45) is 0 Å². The molecule has 3 heteroatoms. The zero-order valence-corrected chi connectivity index (χ0v) is 14.0. The molecule has 0 radical (unpaired) electrons. The van der Waals surface area contributed by atoms with Gasteiger partial charge in [-0.2, -0.15) is 0 Å². The summed E-state index contributed by atoms with van der Waals surface area (Å²) in [5.74, 6) is 1.00. The van der Waals surface area contributed by atoms with Gasteiger partial charge in [0.15, 0.2) is 0 Å². The van der Waals surface area contributed by atoms with Gasteiger partial charge in [0.25, 0.3) is 0 Å². The van der Waals surface area contributed by atoms with Gasteiger partial charge in [0.05, 0.1) is 0 Å². The highest BCUT2D eigenvalue weighted by Crippen LogP contribution is 2.41. The molecule has 1 aliphatic rings. The van der Waals surface area contributed by atoms with Crippen LogP contribution in [-0.4, -0.2) is 6.54 Å². The zero-order chi connectivity index (χ0) is 14.8. The molecule has 2 aromatic rings. The number of nitrogens with one attached hydrogen (secondary N) is 1. The van der Waals surface area contributed by atoms with Crippen molar-refractivity contribution < 1.29 is 4.74 Å². The van der Waals surface area contributed by atoms with Crippen LogP contribution in [0.25, 0.3) is 0 Å². The summed E-state index contributed by atoms with van der Waals surface area (Å²) < 4.78 is 7.38. The van der Waals surface area contributed by atoms with Crippen molar-refractivity contribution in [1.82, 2.24) is 5.32 Å². The lowest BCUT2D eigenvalue weighted by atomic mass is 9.92. The van der Waals surface area contributed by atoms with E-state index < -0.39 is 0 Å². The maximum atomic E-state index is 6.23. The minimum absolute atomic E-state index is 0.107. The van der Waals surface area contributed by atoms with Crippen molar-refractivity contribution in [1.29, 1.82) is 0 Å². The third-order valence-corrected chi connectivity index (χ3v) is 4.91. The predicted molar refractivity (Wildman–Crippen MR) is 89.7 cm³/mol. The molecule has 1 aliphatic heterocycles. The van der Waals surface area contributed by atoms with E-state index in [1.807, 2.05) is 6.07 Å². The van der Waals surface area contributed by atoms with Crippen LogP contribution in [0.5, 0.6) is 5.75 Å². The summed E-state index contributed by atoms with van der Waals surface area (Å²) in [6, 6.07) is 15.2. The number of ether oxygens (including phenoxy) is 1. The second kappa shape index (κ2) is 6.20. The van der Waals surface area contributed by atoms with Crippen LogP contribution in [0.3, 0.4) is 0 Å². The second-order valence-corrected chi connectivity index (χ2v) is 6.35. The van der Waals surface area contributed by atoms with Crippen LogP contribution in [0, 0.1) is 6.92 Å². The van der Waals surface area contributed by atoms with Gasteiger partial charge in [-0.05, 0) is 36.7 Å². The highest BCUT2D eigenvalue weighted by atomic mass is 79.9. The topological polar surface area (TPSA) is 21.3 Å². The molecular formula is C18H20BrNO. The van der Waals surface area contributed by atoms with Gasteiger partial charge in [-0.15, -0.1) is 0 Å². The first kappa shape index (κ1) is 14.6. The molecule has 2 aromatic carbocycles. The maximum absolute atomic E-state index is 6.23. The van der Waals surface area contributed by atoms with E-state index in [0.717, 1.165) is 23.2 Å². The third-order valence-electron chi connectivity index (χ3n) is 4.02. The van der Waals surface area contributed by atoms with Gasteiger partial charge in [0, 0.05) is 22.5 Å². The summed E-state index contributed by atoms with van der Waals surface area (Å²) in [4.78, 5) is 0. The molecule has 0 saturated heterocycles. The van der Waals surface area contributed by atoms with Crippen LogP contribution >= 0.6 is 15.9 Å². The predicted octanol–water partition coefficient (Wildman–Crippen LogP) is 4.93. The Hall–Kier alpha value is -1.32. The highest BCUT2D eigenvalue weighted by Gasteiger charge is 2.28. The van der Waals surface area contributed by atoms with Crippen molar-refractivity contribution in [2.75, 3.05) is 6.54 Å². The van der Waals surface area contributed by atoms with Crippen LogP contribution in [0.1, 0.15) is 42.2 Å². The molecule has 2 atom stereocenters. The van der Waals surface area contributed by atoms with E-state index >= 15 is 0 Å². The van der Waals surface area contributed by atoms with Crippen LogP contribution in [0.2, 0.25) is 0 Å². The fourth-order valence-corrected chi connectivity index (χ4v) is 3.18. The summed E-state index contributed by atoms with van der Waals surface area (Å²) in [5, 5.41) is 3.58. The van der Waals surface area contributed by atoms with Gasteiger partial charge in [-0.25, -0.2) is 0 Å². The molecule has 0 aliphatic carbocycles. The number of fused-ring (bicyclic) bond motifs is 1. The van der Waals surface area contributed by atoms with E-state index in [1.165, 1.54) is 16.7 Å². The fourth-order valence-electron chi connectivity index (χ4n) is 2.93. The molecule has 2 unspecified atom stereocenters. The van der Waals surface area contributed by atoms with Crippen LogP contribution in [-0.2, 0) is 0 Å². The average molecular weight is 346 g/mol. The molecule has 1 N–H and O–H groups in total. The number of halogens is 1. The number of rotatable bonds is 3. The number of hydrogen-bond acceptors (Lipinski definition) is 2. The summed E-state index contributed by atoms with van der Waals surface area (Å²) in [6.07, 6.45) is 1.07. The third kappa shape index (κ3) is 2.99. The first-order valence-corrected chi connectivity index (χ1v) is 8.23. The molecule has 0 spiro atoms. The highest BCUT2D eigenvalue weighted by molar-refractivity contribution is 9.10. The Morgan fingerprint density at radius 1 is 1.24 bits per heavy atom. The zero-order valence-electron chi connectivity index (χ0n) is 12.4. The lowest BCUT2D eigenvalue weighted by molar-refractivity contribution is 0.152. The van der Waals surface area contributed by atoms with Crippen molar-refractivity contribution in [3.8, 4) is 5.75 Å². The monoisotopic (exact) mass is 345 g/mol. The minimum atomic E-state index is 0.107. The molecule has 0 fully saturated rings. The molecule has 0 saturated carbocycles. The number of para-hydroxylation sites is 1. The molecule has 3 rings (SSSR count).